The Hall–Kier alpha value is 19.5. The molecule has 45 heteroatoms. The van der Waals surface area contributed by atoms with Crippen LogP contribution in [0.15, 0.2) is 0 Å². The summed E-state index contributed by atoms with van der Waals surface area (Å²) in [5.74, 6) is 0. The van der Waals surface area contributed by atoms with Gasteiger partial charge in [0.25, 0.3) is 0 Å². The minimum atomic E-state index is -0.154. The zero-order chi connectivity index (χ0) is 35.1. The molecule has 1 radical (unpaired) electrons. The quantitative estimate of drug-likeness (QED) is 0.107. The van der Waals surface area contributed by atoms with Crippen LogP contribution < -0.4 is 0 Å². The molecule has 0 amide bonds. The van der Waals surface area contributed by atoms with Gasteiger partial charge in [0.2, 0.25) is 0 Å². The summed E-state index contributed by atoms with van der Waals surface area (Å²) in [6, 6.07) is 0. The molecule has 0 fully saturated rings. The molecule has 0 aliphatic heterocycles. The Balaban J connectivity index is 0. The van der Waals surface area contributed by atoms with E-state index in [4.69, 9.17) is 0 Å². The zero-order valence-electron chi connectivity index (χ0n) is 23.1. The molecule has 0 aromatic heterocycles. The van der Waals surface area contributed by atoms with Gasteiger partial charge >= 0.3 is 0 Å². The summed E-state index contributed by atoms with van der Waals surface area (Å²) in [6.45, 7) is -2.62. The fourth-order valence-corrected chi connectivity index (χ4v) is 606. The summed E-state index contributed by atoms with van der Waals surface area (Å²) in [5.41, 5.74) is 0. The monoisotopic (exact) mass is 1460 g/mol. The average Bonchev–Trinajstić information content (AvgIpc) is 2.80. The van der Waals surface area contributed by atoms with Crippen LogP contribution in [0, 0.1) is 0 Å². The van der Waals surface area contributed by atoms with Gasteiger partial charge in [0.05, 0.1) is 0 Å². The van der Waals surface area contributed by atoms with Crippen LogP contribution >= 0.6 is 352 Å². The van der Waals surface area contributed by atoms with Crippen LogP contribution in [0.2, 0.25) is 0 Å². The van der Waals surface area contributed by atoms with Crippen molar-refractivity contribution in [3.8, 4) is 0 Å². The Kier molecular flexibility index (Phi) is 53.9. The largest absolute Gasteiger partial charge is 0.102 e. The van der Waals surface area contributed by atoms with Gasteiger partial charge in [-0.05, 0) is 147 Å². The maximum atomic E-state index is 3.63. The summed E-state index contributed by atoms with van der Waals surface area (Å²) in [6.07, 6.45) is 0. The second-order valence-corrected chi connectivity index (χ2v) is 187. The van der Waals surface area contributed by atoms with E-state index in [1.807, 2.05) is 0 Å². The van der Waals surface area contributed by atoms with Crippen LogP contribution in [0.4, 0.5) is 0 Å². The van der Waals surface area contributed by atoms with Crippen molar-refractivity contribution in [1.82, 2.24) is 0 Å². The number of hydrogen-bond donors (Lipinski definition) is 0. The molecule has 0 saturated heterocycles. The molecule has 0 aliphatic rings. The second kappa shape index (κ2) is 36.4. The third-order valence-electron chi connectivity index (χ3n) is 3.77. The molecule has 0 heterocycles. The molecule has 0 N–H and O–H groups in total. The summed E-state index contributed by atoms with van der Waals surface area (Å²) >= 11 is 0. The fraction of sp³-hybridized carbons (Fsp3) is 0. The minimum absolute atomic E-state index is 0. The minimum Gasteiger partial charge on any atom is -0.102 e. The molecule has 0 rings (SSSR count). The van der Waals surface area contributed by atoms with Crippen LogP contribution in [-0.4, -0.2) is 0 Å². The van der Waals surface area contributed by atoms with Crippen molar-refractivity contribution < 1.29 is 18.6 Å². The maximum Gasteiger partial charge on any atom is 0 e. The summed E-state index contributed by atoms with van der Waals surface area (Å²) < 4.78 is 0. The maximum absolute atomic E-state index is 3.63. The third-order valence-corrected chi connectivity index (χ3v) is 305. The van der Waals surface area contributed by atoms with E-state index in [2.05, 4.69) is 205 Å². The zero-order valence-corrected chi connectivity index (χ0v) is 69.9. The van der Waals surface area contributed by atoms with Gasteiger partial charge in [0, 0.05) is 18.6 Å². The topological polar surface area (TPSA) is 0 Å². The first kappa shape index (κ1) is 66.6. The van der Waals surface area contributed by atoms with Crippen LogP contribution in [0.25, 0.3) is 0 Å². The molecule has 45 heavy (non-hydrogen) atoms. The van der Waals surface area contributed by atoms with Crippen molar-refractivity contribution in [3.63, 3.8) is 0 Å². The van der Waals surface area contributed by atoms with E-state index in [-0.39, 0.29) is 165 Å². The molecule has 271 valence electrons. The van der Waals surface area contributed by atoms with Gasteiger partial charge in [0.15, 0.2) is 0 Å². The number of rotatable bonds is 20. The van der Waals surface area contributed by atoms with E-state index in [1.54, 1.807) is 0 Å². The van der Waals surface area contributed by atoms with Crippen molar-refractivity contribution in [2.24, 2.45) is 0 Å². The van der Waals surface area contributed by atoms with Gasteiger partial charge in [-0.15, -0.1) is 205 Å². The third kappa shape index (κ3) is 24.3. The Labute approximate surface area is 365 Å². The molecule has 0 aliphatic carbocycles. The number of hydrogen-bond acceptors (Lipinski definition) is 0. The predicted molar refractivity (Wildman–Crippen MR) is 369 cm³/mol. The molecule has 0 saturated carbocycles. The van der Waals surface area contributed by atoms with Gasteiger partial charge in [0.1, 0.15) is 0 Å². The molecule has 0 nitrogen and oxygen atoms in total. The van der Waals surface area contributed by atoms with E-state index in [9.17, 15) is 0 Å². The summed E-state index contributed by atoms with van der Waals surface area (Å²) in [5, 5.41) is 0. The molecular weight excluding hydrogens is 1410 g/mol. The Morgan fingerprint density at radius 1 is 0.156 bits per heavy atom. The van der Waals surface area contributed by atoms with E-state index in [1.165, 1.54) is 0 Å². The summed E-state index contributed by atoms with van der Waals surface area (Å²) in [4.78, 5) is 0. The molecule has 0 bridgehead atoms. The summed E-state index contributed by atoms with van der Waals surface area (Å²) in [7, 11) is 78.8. The molecular formula is H46P44V. The van der Waals surface area contributed by atoms with Gasteiger partial charge in [-0.3, -0.25) is 0 Å². The van der Waals surface area contributed by atoms with E-state index >= 15 is 0 Å². The Bertz CT molecular complexity index is 614. The van der Waals surface area contributed by atoms with E-state index in [0.29, 0.717) is 0 Å². The van der Waals surface area contributed by atoms with Crippen LogP contribution in [-0.2, 0) is 18.6 Å². The van der Waals surface area contributed by atoms with E-state index in [0.717, 1.165) is 0 Å². The second-order valence-electron chi connectivity index (χ2n) is 6.92. The fourth-order valence-electron chi connectivity index (χ4n) is 2.49. The van der Waals surface area contributed by atoms with Crippen molar-refractivity contribution in [2.75, 3.05) is 0 Å². The van der Waals surface area contributed by atoms with Gasteiger partial charge in [-0.25, -0.2) is 0 Å². The standard InChI is InChI=1S/H46P44.V/c1-24(2)35(23)41(36(25(3)4)26(5)6)44(42(37(27(7)8)28(9)10)38(29(11)12)30(13)14)43(39(31(15)16)32(17)18)40(33(19)20)34(21)22;/h1-23H2;. The van der Waals surface area contributed by atoms with E-state index < -0.39 is 0 Å². The SMILES string of the molecule is PP(P)P(P)P(P(P(P)P)P(P)P)P(P(P(P(P)P)P(P)P)P(P(P)P)P(P)P)P(P(P(P)P)P(P)P)P(P(P)P)P(P)P.[V]. The first-order valence-electron chi connectivity index (χ1n) is 9.94. The van der Waals surface area contributed by atoms with Crippen molar-refractivity contribution in [2.45, 2.75) is 0 Å². The molecule has 0 aromatic carbocycles. The molecule has 0 spiro atoms. The van der Waals surface area contributed by atoms with Crippen molar-refractivity contribution in [1.29, 1.82) is 0 Å². The molecule has 0 aromatic rings. The van der Waals surface area contributed by atoms with Crippen LogP contribution in [0.1, 0.15) is 0 Å². The Morgan fingerprint density at radius 3 is 0.422 bits per heavy atom. The van der Waals surface area contributed by atoms with Gasteiger partial charge < -0.3 is 0 Å². The van der Waals surface area contributed by atoms with Crippen molar-refractivity contribution in [3.05, 3.63) is 0 Å². The van der Waals surface area contributed by atoms with Crippen LogP contribution in [0.5, 0.6) is 0 Å². The molecule has 25 atom stereocenters. The normalized spacial score (nSPS) is 15.3. The van der Waals surface area contributed by atoms with Gasteiger partial charge in [-0.2, -0.15) is 0 Å². The molecule has 25 unspecified atom stereocenters. The van der Waals surface area contributed by atoms with Crippen molar-refractivity contribution >= 4 is 352 Å². The smallest absolute Gasteiger partial charge is 0 e. The first-order chi connectivity index (χ1) is 19.9. The van der Waals surface area contributed by atoms with Crippen LogP contribution in [0.3, 0.4) is 0 Å². The first-order valence-corrected chi connectivity index (χ1v) is 89.4. The Morgan fingerprint density at radius 2 is 0.289 bits per heavy atom. The van der Waals surface area contributed by atoms with Gasteiger partial charge in [-0.1, -0.05) is 0 Å². The average molecular weight is 1460 g/mol. The predicted octanol–water partition coefficient (Wildman–Crippen LogP) is 25.6.